The molecule has 10 heteroatoms. The number of halogens is 3. The van der Waals surface area contributed by atoms with Crippen molar-refractivity contribution in [2.45, 2.75) is 6.18 Å². The fraction of sp³-hybridized carbons (Fsp3) is 0.143. The zero-order valence-electron chi connectivity index (χ0n) is 16.4. The summed E-state index contributed by atoms with van der Waals surface area (Å²) in [6, 6.07) is 11.1. The van der Waals surface area contributed by atoms with Crippen LogP contribution in [-0.2, 0) is 10.9 Å². The molecule has 0 fully saturated rings. The molecule has 0 atom stereocenters. The number of ether oxygens (including phenoxy) is 3. The van der Waals surface area contributed by atoms with Gasteiger partial charge in [0.05, 0.1) is 36.7 Å². The number of benzene rings is 2. The number of carbonyl (C=O) groups excluding carboxylic acids is 1. The van der Waals surface area contributed by atoms with Gasteiger partial charge in [0.25, 0.3) is 0 Å². The summed E-state index contributed by atoms with van der Waals surface area (Å²) in [5, 5.41) is 9.29. The topological polar surface area (TPSA) is 99.5 Å². The Morgan fingerprint density at radius 2 is 1.77 bits per heavy atom. The van der Waals surface area contributed by atoms with Gasteiger partial charge in [-0.05, 0) is 30.3 Å². The number of aromatic nitrogens is 1. The first-order valence-corrected chi connectivity index (χ1v) is 8.73. The number of nitriles is 1. The number of hydrogen-bond acceptors (Lipinski definition) is 6. The van der Waals surface area contributed by atoms with Crippen LogP contribution in [0.4, 0.5) is 18.9 Å². The van der Waals surface area contributed by atoms with E-state index in [1.165, 1.54) is 7.11 Å². The fourth-order valence-electron chi connectivity index (χ4n) is 2.89. The number of anilines is 1. The molecule has 0 aliphatic carbocycles. The third-order valence-electron chi connectivity index (χ3n) is 4.38. The molecular formula is C21H16F3N3O4. The summed E-state index contributed by atoms with van der Waals surface area (Å²) in [6.07, 6.45) is -3.52. The van der Waals surface area contributed by atoms with Crippen molar-refractivity contribution >= 4 is 11.7 Å². The Hall–Kier alpha value is -4.13. The lowest BCUT2D eigenvalue weighted by Crippen LogP contribution is -2.13. The average molecular weight is 431 g/mol. The number of rotatable bonds is 5. The van der Waals surface area contributed by atoms with Gasteiger partial charge in [0.2, 0.25) is 0 Å². The molecule has 0 aliphatic rings. The Labute approximate surface area is 175 Å². The van der Waals surface area contributed by atoms with Gasteiger partial charge in [0.15, 0.2) is 22.9 Å². The summed E-state index contributed by atoms with van der Waals surface area (Å²) < 4.78 is 57.0. The number of hydrogen-bond donors (Lipinski definition) is 1. The van der Waals surface area contributed by atoms with Gasteiger partial charge in [-0.3, -0.25) is 0 Å². The standard InChI is InChI=1S/C21H16F3N3O4/c1-29-16-5-3-4-6-17(16)31-15-8-7-13(21(22,23)24)9-14(15)27-11-12(10-25)18(26)19(27)20(28)30-2/h3-9,11H,26H2,1-2H3. The molecule has 1 aromatic heterocycles. The zero-order valence-corrected chi connectivity index (χ0v) is 16.4. The Kier molecular flexibility index (Phi) is 5.79. The minimum atomic E-state index is -4.67. The van der Waals surface area contributed by atoms with E-state index in [2.05, 4.69) is 0 Å². The summed E-state index contributed by atoms with van der Waals surface area (Å²) in [5.41, 5.74) is 4.07. The van der Waals surface area contributed by atoms with E-state index in [1.807, 2.05) is 0 Å². The van der Waals surface area contributed by atoms with Crippen LogP contribution in [0.5, 0.6) is 17.2 Å². The predicted octanol–water partition coefficient (Wildman–Crippen LogP) is 4.54. The molecule has 0 saturated carbocycles. The van der Waals surface area contributed by atoms with Crippen LogP contribution >= 0.6 is 0 Å². The lowest BCUT2D eigenvalue weighted by atomic mass is 10.1. The number of alkyl halides is 3. The first-order chi connectivity index (χ1) is 14.7. The quantitative estimate of drug-likeness (QED) is 0.596. The Morgan fingerprint density at radius 3 is 2.35 bits per heavy atom. The minimum Gasteiger partial charge on any atom is -0.493 e. The highest BCUT2D eigenvalue weighted by Crippen LogP contribution is 2.39. The van der Waals surface area contributed by atoms with E-state index in [1.54, 1.807) is 30.3 Å². The van der Waals surface area contributed by atoms with E-state index in [0.717, 1.165) is 36.1 Å². The third-order valence-corrected chi connectivity index (χ3v) is 4.38. The van der Waals surface area contributed by atoms with Crippen LogP contribution in [-0.4, -0.2) is 24.8 Å². The Balaban J connectivity index is 2.28. The van der Waals surface area contributed by atoms with Gasteiger partial charge in [-0.2, -0.15) is 18.4 Å². The minimum absolute atomic E-state index is 0.0397. The van der Waals surface area contributed by atoms with E-state index in [9.17, 15) is 23.2 Å². The van der Waals surface area contributed by atoms with Gasteiger partial charge < -0.3 is 24.5 Å². The average Bonchev–Trinajstić information content (AvgIpc) is 3.09. The lowest BCUT2D eigenvalue weighted by Gasteiger charge is -2.17. The summed E-state index contributed by atoms with van der Waals surface area (Å²) in [7, 11) is 2.50. The van der Waals surface area contributed by atoms with Gasteiger partial charge in [-0.1, -0.05) is 12.1 Å². The van der Waals surface area contributed by atoms with E-state index in [0.29, 0.717) is 5.75 Å². The molecule has 0 spiro atoms. The van der Waals surface area contributed by atoms with Crippen LogP contribution in [0.15, 0.2) is 48.7 Å². The van der Waals surface area contributed by atoms with Gasteiger partial charge in [-0.15, -0.1) is 0 Å². The maximum Gasteiger partial charge on any atom is 0.416 e. The van der Waals surface area contributed by atoms with Crippen LogP contribution in [0.1, 0.15) is 21.6 Å². The molecule has 2 N–H and O–H groups in total. The number of nitrogens with two attached hydrogens (primary N) is 1. The molecule has 3 aromatic rings. The summed E-state index contributed by atoms with van der Waals surface area (Å²) in [6.45, 7) is 0. The van der Waals surface area contributed by atoms with Crippen LogP contribution in [0, 0.1) is 11.3 Å². The van der Waals surface area contributed by atoms with E-state index < -0.39 is 17.7 Å². The second-order valence-electron chi connectivity index (χ2n) is 6.21. The molecule has 0 amide bonds. The van der Waals surface area contributed by atoms with Crippen molar-refractivity contribution in [1.29, 1.82) is 5.26 Å². The first-order valence-electron chi connectivity index (χ1n) is 8.73. The second kappa shape index (κ2) is 8.31. The number of esters is 1. The summed E-state index contributed by atoms with van der Waals surface area (Å²) in [5.74, 6) is -0.403. The van der Waals surface area contributed by atoms with E-state index in [4.69, 9.17) is 19.9 Å². The zero-order chi connectivity index (χ0) is 22.8. The van der Waals surface area contributed by atoms with Crippen LogP contribution in [0.3, 0.4) is 0 Å². The maximum atomic E-state index is 13.4. The molecule has 31 heavy (non-hydrogen) atoms. The van der Waals surface area contributed by atoms with Crippen molar-refractivity contribution in [3.8, 4) is 29.0 Å². The van der Waals surface area contributed by atoms with Crippen LogP contribution in [0.2, 0.25) is 0 Å². The summed E-state index contributed by atoms with van der Waals surface area (Å²) >= 11 is 0. The molecule has 0 radical (unpaired) electrons. The molecule has 3 rings (SSSR count). The SMILES string of the molecule is COC(=O)c1c(N)c(C#N)cn1-c1cc(C(F)(F)F)ccc1Oc1ccccc1OC. The third kappa shape index (κ3) is 4.11. The largest absolute Gasteiger partial charge is 0.493 e. The predicted molar refractivity (Wildman–Crippen MR) is 104 cm³/mol. The maximum absolute atomic E-state index is 13.4. The van der Waals surface area contributed by atoms with Crippen molar-refractivity contribution in [2.24, 2.45) is 0 Å². The molecule has 0 unspecified atom stereocenters. The fourth-order valence-corrected chi connectivity index (χ4v) is 2.89. The van der Waals surface area contributed by atoms with Gasteiger partial charge in [-0.25, -0.2) is 4.79 Å². The molecular weight excluding hydrogens is 415 g/mol. The molecule has 160 valence electrons. The van der Waals surface area contributed by atoms with Gasteiger partial charge in [0, 0.05) is 6.20 Å². The second-order valence-corrected chi connectivity index (χ2v) is 6.21. The number of para-hydroxylation sites is 2. The number of carbonyl (C=O) groups is 1. The molecule has 7 nitrogen and oxygen atoms in total. The molecule has 0 aliphatic heterocycles. The van der Waals surface area contributed by atoms with Crippen LogP contribution < -0.4 is 15.2 Å². The van der Waals surface area contributed by atoms with Crippen molar-refractivity contribution in [2.75, 3.05) is 20.0 Å². The molecule has 0 bridgehead atoms. The Bertz CT molecular complexity index is 1180. The molecule has 0 saturated heterocycles. The van der Waals surface area contributed by atoms with Gasteiger partial charge in [0.1, 0.15) is 6.07 Å². The molecule has 2 aromatic carbocycles. The normalized spacial score (nSPS) is 11.0. The highest BCUT2D eigenvalue weighted by molar-refractivity contribution is 5.96. The lowest BCUT2D eigenvalue weighted by molar-refractivity contribution is -0.137. The van der Waals surface area contributed by atoms with E-state index >= 15 is 0 Å². The van der Waals surface area contributed by atoms with E-state index in [-0.39, 0.29) is 34.1 Å². The van der Waals surface area contributed by atoms with Crippen LogP contribution in [0.25, 0.3) is 5.69 Å². The summed E-state index contributed by atoms with van der Waals surface area (Å²) in [4.78, 5) is 12.3. The monoisotopic (exact) mass is 431 g/mol. The number of methoxy groups -OCH3 is 2. The van der Waals surface area contributed by atoms with Crippen molar-refractivity contribution < 1.29 is 32.2 Å². The number of nitrogen functional groups attached to an aromatic ring is 1. The highest BCUT2D eigenvalue weighted by Gasteiger charge is 2.32. The number of nitrogens with zero attached hydrogens (tertiary/aromatic N) is 2. The van der Waals surface area contributed by atoms with Crippen molar-refractivity contribution in [1.82, 2.24) is 4.57 Å². The smallest absolute Gasteiger partial charge is 0.416 e. The van der Waals surface area contributed by atoms with Gasteiger partial charge >= 0.3 is 12.1 Å². The first kappa shape index (κ1) is 21.6. The highest BCUT2D eigenvalue weighted by atomic mass is 19.4. The molecule has 1 heterocycles. The van der Waals surface area contributed by atoms with Crippen molar-refractivity contribution in [3.05, 3.63) is 65.5 Å². The Morgan fingerprint density at radius 1 is 1.10 bits per heavy atom. The van der Waals surface area contributed by atoms with Crippen molar-refractivity contribution in [3.63, 3.8) is 0 Å².